The molecule has 1 aliphatic rings. The molecule has 5 nitrogen and oxygen atoms in total. The minimum Gasteiger partial charge on any atom is -0.453 e. The summed E-state index contributed by atoms with van der Waals surface area (Å²) in [5.41, 5.74) is -1.01. The van der Waals surface area contributed by atoms with E-state index in [4.69, 9.17) is 9.15 Å². The molecule has 1 unspecified atom stereocenters. The molecular weight excluding hydrogens is 224 g/mol. The van der Waals surface area contributed by atoms with Crippen LogP contribution in [-0.2, 0) is 0 Å². The Hall–Kier alpha value is -1.88. The Kier molecular flexibility index (Phi) is 2.63. The molecular formula is C12H12O5. The third-order valence-electron chi connectivity index (χ3n) is 2.61. The SMILES string of the molecule is CC=Cc1cc2c(c(=O)o1)C(=O)C(O)(CC)O2. The minimum absolute atomic E-state index is 0.0684. The first-order valence-electron chi connectivity index (χ1n) is 5.29. The summed E-state index contributed by atoms with van der Waals surface area (Å²) >= 11 is 0. The van der Waals surface area contributed by atoms with Crippen LogP contribution in [0.4, 0.5) is 0 Å². The highest BCUT2D eigenvalue weighted by molar-refractivity contribution is 6.05. The quantitative estimate of drug-likeness (QED) is 0.838. The second-order valence-electron chi connectivity index (χ2n) is 3.74. The van der Waals surface area contributed by atoms with Gasteiger partial charge in [0.2, 0.25) is 5.78 Å². The first-order chi connectivity index (χ1) is 8.01. The van der Waals surface area contributed by atoms with Crippen molar-refractivity contribution in [2.24, 2.45) is 0 Å². The van der Waals surface area contributed by atoms with Gasteiger partial charge in [-0.1, -0.05) is 13.0 Å². The van der Waals surface area contributed by atoms with Gasteiger partial charge in [0.05, 0.1) is 0 Å². The third kappa shape index (κ3) is 1.68. The summed E-state index contributed by atoms with van der Waals surface area (Å²) in [6.45, 7) is 3.36. The molecule has 0 amide bonds. The van der Waals surface area contributed by atoms with Gasteiger partial charge < -0.3 is 14.3 Å². The highest BCUT2D eigenvalue weighted by Crippen LogP contribution is 2.34. The van der Waals surface area contributed by atoms with E-state index in [9.17, 15) is 14.7 Å². The molecule has 0 saturated heterocycles. The zero-order valence-corrected chi connectivity index (χ0v) is 9.52. The van der Waals surface area contributed by atoms with Gasteiger partial charge in [-0.15, -0.1) is 0 Å². The van der Waals surface area contributed by atoms with Crippen LogP contribution in [0.3, 0.4) is 0 Å². The summed E-state index contributed by atoms with van der Waals surface area (Å²) in [4.78, 5) is 23.4. The molecule has 1 aromatic heterocycles. The van der Waals surface area contributed by atoms with Gasteiger partial charge in [0.15, 0.2) is 5.56 Å². The lowest BCUT2D eigenvalue weighted by Gasteiger charge is -2.17. The molecule has 1 aliphatic heterocycles. The molecule has 0 bridgehead atoms. The van der Waals surface area contributed by atoms with Gasteiger partial charge >= 0.3 is 5.63 Å². The van der Waals surface area contributed by atoms with Gasteiger partial charge in [-0.25, -0.2) is 4.79 Å². The van der Waals surface area contributed by atoms with Crippen molar-refractivity contribution in [2.45, 2.75) is 26.1 Å². The van der Waals surface area contributed by atoms with E-state index in [2.05, 4.69) is 0 Å². The molecule has 0 aliphatic carbocycles. The number of ether oxygens (including phenoxy) is 1. The topological polar surface area (TPSA) is 76.7 Å². The van der Waals surface area contributed by atoms with E-state index in [1.165, 1.54) is 6.07 Å². The number of carbonyl (C=O) groups excluding carboxylic acids is 1. The van der Waals surface area contributed by atoms with Crippen molar-refractivity contribution in [2.75, 3.05) is 0 Å². The Balaban J connectivity index is 2.59. The van der Waals surface area contributed by atoms with Crippen molar-refractivity contribution < 1.29 is 19.1 Å². The van der Waals surface area contributed by atoms with Crippen LogP contribution in [0.2, 0.25) is 0 Å². The molecule has 17 heavy (non-hydrogen) atoms. The first-order valence-corrected chi connectivity index (χ1v) is 5.29. The van der Waals surface area contributed by atoms with Gasteiger partial charge in [-0.3, -0.25) is 4.79 Å². The van der Waals surface area contributed by atoms with Gasteiger partial charge in [-0.2, -0.15) is 0 Å². The number of rotatable bonds is 2. The van der Waals surface area contributed by atoms with Crippen molar-refractivity contribution in [3.05, 3.63) is 33.9 Å². The fraction of sp³-hybridized carbons (Fsp3) is 0.333. The Morgan fingerprint density at radius 2 is 2.18 bits per heavy atom. The van der Waals surface area contributed by atoms with Crippen LogP contribution in [0.25, 0.3) is 6.08 Å². The van der Waals surface area contributed by atoms with Gasteiger partial charge in [0.25, 0.3) is 5.79 Å². The highest BCUT2D eigenvalue weighted by Gasteiger charge is 2.47. The minimum atomic E-state index is -1.94. The monoisotopic (exact) mass is 236 g/mol. The van der Waals surface area contributed by atoms with E-state index < -0.39 is 17.2 Å². The van der Waals surface area contributed by atoms with Gasteiger partial charge in [0, 0.05) is 12.5 Å². The molecule has 5 heteroatoms. The van der Waals surface area contributed by atoms with Crippen molar-refractivity contribution in [1.82, 2.24) is 0 Å². The molecule has 2 heterocycles. The summed E-state index contributed by atoms with van der Waals surface area (Å²) < 4.78 is 10.1. The van der Waals surface area contributed by atoms with Crippen molar-refractivity contribution >= 4 is 11.9 Å². The summed E-state index contributed by atoms with van der Waals surface area (Å²) in [6.07, 6.45) is 3.32. The van der Waals surface area contributed by atoms with Crippen LogP contribution >= 0.6 is 0 Å². The van der Waals surface area contributed by atoms with Crippen molar-refractivity contribution in [1.29, 1.82) is 0 Å². The van der Waals surface area contributed by atoms with Crippen LogP contribution in [0.1, 0.15) is 36.4 Å². The van der Waals surface area contributed by atoms with Gasteiger partial charge in [0.1, 0.15) is 11.5 Å². The molecule has 0 fully saturated rings. The number of allylic oxidation sites excluding steroid dienone is 1. The lowest BCUT2D eigenvalue weighted by atomic mass is 10.1. The Morgan fingerprint density at radius 3 is 2.76 bits per heavy atom. The first kappa shape index (κ1) is 11.6. The molecule has 1 aromatic rings. The molecule has 0 spiro atoms. The van der Waals surface area contributed by atoms with Crippen LogP contribution in [0.5, 0.6) is 5.75 Å². The zero-order chi connectivity index (χ0) is 12.6. The molecule has 2 rings (SSSR count). The van der Waals surface area contributed by atoms with Crippen molar-refractivity contribution in [3.8, 4) is 5.75 Å². The molecule has 1 N–H and O–H groups in total. The smallest absolute Gasteiger partial charge is 0.351 e. The Morgan fingerprint density at radius 1 is 1.47 bits per heavy atom. The predicted octanol–water partition coefficient (Wildman–Crippen LogP) is 1.35. The number of carbonyl (C=O) groups is 1. The standard InChI is InChI=1S/C12H12O5/c1-3-5-7-6-8-9(11(14)16-7)10(13)12(15,4-2)17-8/h3,5-6,15H,4H2,1-2H3. The average molecular weight is 236 g/mol. The lowest BCUT2D eigenvalue weighted by molar-refractivity contribution is -0.0917. The normalized spacial score (nSPS) is 22.9. The Bertz CT molecular complexity index is 555. The van der Waals surface area contributed by atoms with E-state index in [1.54, 1.807) is 26.0 Å². The molecule has 1 atom stereocenters. The number of aliphatic hydroxyl groups is 1. The van der Waals surface area contributed by atoms with Crippen LogP contribution < -0.4 is 10.4 Å². The molecule has 90 valence electrons. The number of hydrogen-bond acceptors (Lipinski definition) is 5. The summed E-state index contributed by atoms with van der Waals surface area (Å²) in [7, 11) is 0. The van der Waals surface area contributed by atoms with Crippen LogP contribution in [-0.4, -0.2) is 16.7 Å². The number of Topliss-reactive ketones (excluding diaryl/α,β-unsaturated/α-hetero) is 1. The van der Waals surface area contributed by atoms with Crippen molar-refractivity contribution in [3.63, 3.8) is 0 Å². The second kappa shape index (κ2) is 3.85. The maximum atomic E-state index is 11.8. The van der Waals surface area contributed by atoms with Gasteiger partial charge in [-0.05, 0) is 13.0 Å². The highest BCUT2D eigenvalue weighted by atomic mass is 16.6. The van der Waals surface area contributed by atoms with E-state index in [0.29, 0.717) is 0 Å². The average Bonchev–Trinajstić information content (AvgIpc) is 2.53. The lowest BCUT2D eigenvalue weighted by Crippen LogP contribution is -2.39. The largest absolute Gasteiger partial charge is 0.453 e. The predicted molar refractivity (Wildman–Crippen MR) is 59.9 cm³/mol. The van der Waals surface area contributed by atoms with Crippen LogP contribution in [0, 0.1) is 0 Å². The van der Waals surface area contributed by atoms with E-state index >= 15 is 0 Å². The second-order valence-corrected chi connectivity index (χ2v) is 3.74. The number of hydrogen-bond donors (Lipinski definition) is 1. The van der Waals surface area contributed by atoms with E-state index in [0.717, 1.165) is 0 Å². The van der Waals surface area contributed by atoms with Crippen LogP contribution in [0.15, 0.2) is 21.4 Å². The fourth-order valence-electron chi connectivity index (χ4n) is 1.68. The summed E-state index contributed by atoms with van der Waals surface area (Å²) in [5, 5.41) is 9.86. The maximum absolute atomic E-state index is 11.8. The maximum Gasteiger partial charge on any atom is 0.351 e. The third-order valence-corrected chi connectivity index (χ3v) is 2.61. The molecule has 0 saturated carbocycles. The summed E-state index contributed by atoms with van der Waals surface area (Å²) in [6, 6.07) is 1.42. The molecule has 0 aromatic carbocycles. The summed E-state index contributed by atoms with van der Waals surface area (Å²) in [5.74, 6) is -2.32. The number of ketones is 1. The van der Waals surface area contributed by atoms with E-state index in [-0.39, 0.29) is 23.5 Å². The van der Waals surface area contributed by atoms with E-state index in [1.807, 2.05) is 0 Å². The number of fused-ring (bicyclic) bond motifs is 1. The zero-order valence-electron chi connectivity index (χ0n) is 9.52. The fourth-order valence-corrected chi connectivity index (χ4v) is 1.68. The molecule has 0 radical (unpaired) electrons. The Labute approximate surface area is 97.3 Å².